The molecule has 0 amide bonds. The maximum absolute atomic E-state index is 9.11. The lowest BCUT2D eigenvalue weighted by atomic mass is 9.80. The van der Waals surface area contributed by atoms with Crippen LogP contribution in [0.4, 0.5) is 0 Å². The summed E-state index contributed by atoms with van der Waals surface area (Å²) in [5.41, 5.74) is 1.72. The summed E-state index contributed by atoms with van der Waals surface area (Å²) < 4.78 is 5.96. The van der Waals surface area contributed by atoms with E-state index in [1.165, 1.54) is 6.42 Å². The number of hydrogen-bond donors (Lipinski definition) is 1. The molecule has 0 saturated heterocycles. The highest BCUT2D eigenvalue weighted by Crippen LogP contribution is 2.31. The molecule has 1 aromatic rings. The Morgan fingerprint density at radius 2 is 2.06 bits per heavy atom. The molecule has 1 heterocycles. The van der Waals surface area contributed by atoms with Gasteiger partial charge in [-0.1, -0.05) is 13.8 Å². The third-order valence-electron chi connectivity index (χ3n) is 4.18. The van der Waals surface area contributed by atoms with E-state index in [2.05, 4.69) is 18.8 Å². The lowest BCUT2D eigenvalue weighted by Gasteiger charge is -2.32. The van der Waals surface area contributed by atoms with Crippen molar-refractivity contribution in [2.45, 2.75) is 52.7 Å². The highest BCUT2D eigenvalue weighted by atomic mass is 16.5. The van der Waals surface area contributed by atoms with Crippen LogP contribution >= 0.6 is 0 Å². The number of nitrogens with zero attached hydrogens (tertiary/aromatic N) is 1. The summed E-state index contributed by atoms with van der Waals surface area (Å²) >= 11 is 0. The van der Waals surface area contributed by atoms with Gasteiger partial charge in [0.2, 0.25) is 5.88 Å². The summed E-state index contributed by atoms with van der Waals surface area (Å²) in [6, 6.07) is 3.76. The summed E-state index contributed by atoms with van der Waals surface area (Å²) in [5, 5.41) is 9.11. The smallest absolute Gasteiger partial charge is 0.213 e. The standard InChI is InChI=1S/C15H23NO2/c1-10-4-6-14(8-11(10)2)18-15-7-5-13(9-17)12(3)16-15/h5,7,10-11,14,17H,4,6,8-9H2,1-3H3. The first kappa shape index (κ1) is 13.3. The summed E-state index contributed by atoms with van der Waals surface area (Å²) in [5.74, 6) is 2.22. The predicted molar refractivity (Wildman–Crippen MR) is 71.5 cm³/mol. The molecule has 0 spiro atoms. The first-order chi connectivity index (χ1) is 8.60. The van der Waals surface area contributed by atoms with Crippen LogP contribution in [0, 0.1) is 18.8 Å². The van der Waals surface area contributed by atoms with E-state index in [4.69, 9.17) is 9.84 Å². The van der Waals surface area contributed by atoms with Gasteiger partial charge in [-0.25, -0.2) is 4.98 Å². The number of ether oxygens (including phenoxy) is 1. The summed E-state index contributed by atoms with van der Waals surface area (Å²) in [4.78, 5) is 4.40. The zero-order valence-electron chi connectivity index (χ0n) is 11.5. The van der Waals surface area contributed by atoms with Crippen LogP contribution in [0.15, 0.2) is 12.1 Å². The molecule has 1 saturated carbocycles. The zero-order chi connectivity index (χ0) is 13.1. The molecule has 1 aliphatic carbocycles. The zero-order valence-corrected chi connectivity index (χ0v) is 11.5. The first-order valence-electron chi connectivity index (χ1n) is 6.84. The number of pyridine rings is 1. The molecule has 100 valence electrons. The minimum Gasteiger partial charge on any atom is -0.474 e. The van der Waals surface area contributed by atoms with Gasteiger partial charge in [-0.05, 0) is 49.7 Å². The normalized spacial score (nSPS) is 28.1. The van der Waals surface area contributed by atoms with Gasteiger partial charge in [-0.3, -0.25) is 0 Å². The van der Waals surface area contributed by atoms with Gasteiger partial charge in [0.25, 0.3) is 0 Å². The Hall–Kier alpha value is -1.09. The van der Waals surface area contributed by atoms with Crippen molar-refractivity contribution in [3.63, 3.8) is 0 Å². The molecule has 0 aliphatic heterocycles. The van der Waals surface area contributed by atoms with Crippen LogP contribution in [0.3, 0.4) is 0 Å². The Morgan fingerprint density at radius 3 is 2.67 bits per heavy atom. The minimum atomic E-state index is 0.0388. The molecular formula is C15H23NO2. The molecule has 1 aromatic heterocycles. The van der Waals surface area contributed by atoms with Crippen molar-refractivity contribution < 1.29 is 9.84 Å². The summed E-state index contributed by atoms with van der Waals surface area (Å²) in [6.07, 6.45) is 3.76. The molecule has 1 N–H and O–H groups in total. The van der Waals surface area contributed by atoms with Crippen molar-refractivity contribution in [2.24, 2.45) is 11.8 Å². The monoisotopic (exact) mass is 249 g/mol. The van der Waals surface area contributed by atoms with Gasteiger partial charge in [0.1, 0.15) is 6.10 Å². The van der Waals surface area contributed by atoms with Crippen LogP contribution in [0.1, 0.15) is 44.4 Å². The molecule has 3 unspecified atom stereocenters. The van der Waals surface area contributed by atoms with E-state index in [0.29, 0.717) is 12.0 Å². The van der Waals surface area contributed by atoms with Crippen molar-refractivity contribution in [1.82, 2.24) is 4.98 Å². The van der Waals surface area contributed by atoms with Crippen molar-refractivity contribution in [3.8, 4) is 5.88 Å². The molecule has 0 bridgehead atoms. The quantitative estimate of drug-likeness (QED) is 0.895. The fourth-order valence-electron chi connectivity index (χ4n) is 2.58. The van der Waals surface area contributed by atoms with Crippen molar-refractivity contribution >= 4 is 0 Å². The summed E-state index contributed by atoms with van der Waals surface area (Å²) in [6.45, 7) is 6.56. The van der Waals surface area contributed by atoms with E-state index in [1.54, 1.807) is 0 Å². The van der Waals surface area contributed by atoms with E-state index in [-0.39, 0.29) is 6.61 Å². The Labute approximate surface area is 109 Å². The molecule has 0 radical (unpaired) electrons. The van der Waals surface area contributed by atoms with Crippen LogP contribution in [-0.4, -0.2) is 16.2 Å². The maximum atomic E-state index is 9.11. The van der Waals surface area contributed by atoms with Gasteiger partial charge in [-0.2, -0.15) is 0 Å². The fraction of sp³-hybridized carbons (Fsp3) is 0.667. The van der Waals surface area contributed by atoms with Crippen LogP contribution in [0.25, 0.3) is 0 Å². The lowest BCUT2D eigenvalue weighted by molar-refractivity contribution is 0.0962. The molecule has 1 aliphatic rings. The molecule has 3 atom stereocenters. The first-order valence-corrected chi connectivity index (χ1v) is 6.84. The molecular weight excluding hydrogens is 226 g/mol. The Bertz CT molecular complexity index is 405. The summed E-state index contributed by atoms with van der Waals surface area (Å²) in [7, 11) is 0. The number of aliphatic hydroxyl groups is 1. The third kappa shape index (κ3) is 3.02. The van der Waals surface area contributed by atoms with Gasteiger partial charge >= 0.3 is 0 Å². The van der Waals surface area contributed by atoms with Gasteiger partial charge in [0, 0.05) is 11.8 Å². The Kier molecular flexibility index (Phi) is 4.23. The van der Waals surface area contributed by atoms with Gasteiger partial charge in [-0.15, -0.1) is 0 Å². The SMILES string of the molecule is Cc1nc(OC2CCC(C)C(C)C2)ccc1CO. The van der Waals surface area contributed by atoms with Crippen LogP contribution in [-0.2, 0) is 6.61 Å². The Morgan fingerprint density at radius 1 is 1.28 bits per heavy atom. The second-order valence-corrected chi connectivity index (χ2v) is 5.56. The van der Waals surface area contributed by atoms with E-state index >= 15 is 0 Å². The number of aliphatic hydroxyl groups excluding tert-OH is 1. The van der Waals surface area contributed by atoms with Crippen LogP contribution in [0.5, 0.6) is 5.88 Å². The number of hydrogen-bond acceptors (Lipinski definition) is 3. The average Bonchev–Trinajstić information content (AvgIpc) is 2.34. The topological polar surface area (TPSA) is 42.4 Å². The highest BCUT2D eigenvalue weighted by molar-refractivity contribution is 5.24. The van der Waals surface area contributed by atoms with E-state index in [9.17, 15) is 0 Å². The van der Waals surface area contributed by atoms with Gasteiger partial charge in [0.05, 0.1) is 6.61 Å². The Balaban J connectivity index is 1.99. The van der Waals surface area contributed by atoms with Gasteiger partial charge in [0.15, 0.2) is 0 Å². The molecule has 3 heteroatoms. The van der Waals surface area contributed by atoms with Crippen molar-refractivity contribution in [2.75, 3.05) is 0 Å². The number of aryl methyl sites for hydroxylation is 1. The highest BCUT2D eigenvalue weighted by Gasteiger charge is 2.26. The number of rotatable bonds is 3. The predicted octanol–water partition coefficient (Wildman–Crippen LogP) is 3.09. The molecule has 1 fully saturated rings. The maximum Gasteiger partial charge on any atom is 0.213 e. The molecule has 18 heavy (non-hydrogen) atoms. The second-order valence-electron chi connectivity index (χ2n) is 5.56. The van der Waals surface area contributed by atoms with Crippen molar-refractivity contribution in [1.29, 1.82) is 0 Å². The lowest BCUT2D eigenvalue weighted by Crippen LogP contribution is -2.29. The fourth-order valence-corrected chi connectivity index (χ4v) is 2.58. The average molecular weight is 249 g/mol. The van der Waals surface area contributed by atoms with E-state index in [1.807, 2.05) is 19.1 Å². The largest absolute Gasteiger partial charge is 0.474 e. The van der Waals surface area contributed by atoms with Crippen LogP contribution in [0.2, 0.25) is 0 Å². The molecule has 0 aromatic carbocycles. The van der Waals surface area contributed by atoms with Gasteiger partial charge < -0.3 is 9.84 Å². The van der Waals surface area contributed by atoms with Crippen molar-refractivity contribution in [3.05, 3.63) is 23.4 Å². The second kappa shape index (κ2) is 5.70. The minimum absolute atomic E-state index is 0.0388. The molecule has 2 rings (SSSR count). The van der Waals surface area contributed by atoms with Crippen LogP contribution < -0.4 is 4.74 Å². The van der Waals surface area contributed by atoms with E-state index in [0.717, 1.165) is 35.9 Å². The third-order valence-corrected chi connectivity index (χ3v) is 4.18. The number of aromatic nitrogens is 1. The molecule has 3 nitrogen and oxygen atoms in total. The van der Waals surface area contributed by atoms with E-state index < -0.39 is 0 Å².